The Morgan fingerprint density at radius 1 is 1.10 bits per heavy atom. The summed E-state index contributed by atoms with van der Waals surface area (Å²) in [5, 5.41) is 9.93. The lowest BCUT2D eigenvalue weighted by molar-refractivity contribution is -0.129. The molecule has 0 radical (unpaired) electrons. The Balaban J connectivity index is 1.65. The number of amides is 1. The van der Waals surface area contributed by atoms with E-state index < -0.39 is 0 Å². The summed E-state index contributed by atoms with van der Waals surface area (Å²) in [6.45, 7) is 5.52. The molecule has 0 N–H and O–H groups in total. The smallest absolute Gasteiger partial charge is 0.233 e. The molecule has 0 saturated heterocycles. The second-order valence-electron chi connectivity index (χ2n) is 6.96. The van der Waals surface area contributed by atoms with Gasteiger partial charge in [0.15, 0.2) is 11.0 Å². The first kappa shape index (κ1) is 21.4. The Bertz CT molecular complexity index is 954. The minimum atomic E-state index is 0.105. The topological polar surface area (TPSA) is 51.0 Å². The van der Waals surface area contributed by atoms with Gasteiger partial charge in [0, 0.05) is 30.7 Å². The SMILES string of the molecule is CCCN(Cc1ccc(C)cc1)C(=O)CSc1nnc(-c2ccc(Cl)cc2)n1C. The third kappa shape index (κ3) is 5.61. The number of thioether (sulfide) groups is 1. The van der Waals surface area contributed by atoms with Crippen LogP contribution in [0.1, 0.15) is 24.5 Å². The van der Waals surface area contributed by atoms with Crippen molar-refractivity contribution in [2.24, 2.45) is 7.05 Å². The Morgan fingerprint density at radius 3 is 2.45 bits per heavy atom. The number of benzene rings is 2. The molecule has 0 atom stereocenters. The minimum Gasteiger partial charge on any atom is -0.338 e. The van der Waals surface area contributed by atoms with Crippen molar-refractivity contribution >= 4 is 29.3 Å². The second-order valence-corrected chi connectivity index (χ2v) is 8.34. The zero-order chi connectivity index (χ0) is 20.8. The van der Waals surface area contributed by atoms with Gasteiger partial charge in [0.2, 0.25) is 5.91 Å². The lowest BCUT2D eigenvalue weighted by Crippen LogP contribution is -2.32. The Hall–Kier alpha value is -2.31. The molecule has 0 aliphatic rings. The summed E-state index contributed by atoms with van der Waals surface area (Å²) in [5.74, 6) is 1.19. The van der Waals surface area contributed by atoms with Gasteiger partial charge in [-0.1, -0.05) is 60.1 Å². The predicted octanol–water partition coefficient (Wildman–Crippen LogP) is 4.97. The van der Waals surface area contributed by atoms with Crippen molar-refractivity contribution in [1.29, 1.82) is 0 Å². The van der Waals surface area contributed by atoms with Gasteiger partial charge in [0.05, 0.1) is 5.75 Å². The number of hydrogen-bond acceptors (Lipinski definition) is 4. The van der Waals surface area contributed by atoms with Gasteiger partial charge in [0.25, 0.3) is 0 Å². The number of aryl methyl sites for hydroxylation is 1. The van der Waals surface area contributed by atoms with Crippen molar-refractivity contribution in [2.75, 3.05) is 12.3 Å². The summed E-state index contributed by atoms with van der Waals surface area (Å²) in [6, 6.07) is 15.8. The van der Waals surface area contributed by atoms with Gasteiger partial charge >= 0.3 is 0 Å². The molecular weight excluding hydrogens is 404 g/mol. The fraction of sp³-hybridized carbons (Fsp3) is 0.318. The first-order chi connectivity index (χ1) is 14.0. The van der Waals surface area contributed by atoms with Gasteiger partial charge < -0.3 is 9.47 Å². The summed E-state index contributed by atoms with van der Waals surface area (Å²) < 4.78 is 1.91. The first-order valence-corrected chi connectivity index (χ1v) is 11.0. The zero-order valence-corrected chi connectivity index (χ0v) is 18.5. The van der Waals surface area contributed by atoms with Crippen LogP contribution in [-0.2, 0) is 18.4 Å². The van der Waals surface area contributed by atoms with Crippen molar-refractivity contribution in [2.45, 2.75) is 32.0 Å². The molecule has 0 unspecified atom stereocenters. The molecule has 5 nitrogen and oxygen atoms in total. The molecule has 152 valence electrons. The van der Waals surface area contributed by atoms with E-state index in [1.54, 1.807) is 0 Å². The quantitative estimate of drug-likeness (QED) is 0.475. The maximum absolute atomic E-state index is 12.8. The van der Waals surface area contributed by atoms with E-state index in [9.17, 15) is 4.79 Å². The van der Waals surface area contributed by atoms with Crippen molar-refractivity contribution in [3.05, 3.63) is 64.7 Å². The Morgan fingerprint density at radius 2 is 1.79 bits per heavy atom. The number of rotatable bonds is 8. The highest BCUT2D eigenvalue weighted by Gasteiger charge is 2.17. The molecule has 3 aromatic rings. The van der Waals surface area contributed by atoms with E-state index in [0.29, 0.717) is 17.3 Å². The van der Waals surface area contributed by atoms with E-state index in [-0.39, 0.29) is 5.91 Å². The number of carbonyl (C=O) groups is 1. The zero-order valence-electron chi connectivity index (χ0n) is 16.9. The van der Waals surface area contributed by atoms with E-state index >= 15 is 0 Å². The maximum atomic E-state index is 12.8. The van der Waals surface area contributed by atoms with Crippen LogP contribution in [0, 0.1) is 6.92 Å². The van der Waals surface area contributed by atoms with Crippen LogP contribution in [0.3, 0.4) is 0 Å². The van der Waals surface area contributed by atoms with Gasteiger partial charge in [-0.15, -0.1) is 10.2 Å². The summed E-state index contributed by atoms with van der Waals surface area (Å²) in [7, 11) is 1.91. The van der Waals surface area contributed by atoms with Crippen LogP contribution in [-0.4, -0.2) is 37.9 Å². The molecule has 0 saturated carbocycles. The van der Waals surface area contributed by atoms with Crippen LogP contribution < -0.4 is 0 Å². The number of aromatic nitrogens is 3. The lowest BCUT2D eigenvalue weighted by Gasteiger charge is -2.22. The van der Waals surface area contributed by atoms with Crippen molar-refractivity contribution in [1.82, 2.24) is 19.7 Å². The molecule has 0 aliphatic heterocycles. The molecule has 0 bridgehead atoms. The molecule has 1 heterocycles. The van der Waals surface area contributed by atoms with E-state index in [4.69, 9.17) is 11.6 Å². The third-order valence-electron chi connectivity index (χ3n) is 4.60. The largest absolute Gasteiger partial charge is 0.338 e. The monoisotopic (exact) mass is 428 g/mol. The molecule has 0 aliphatic carbocycles. The molecule has 29 heavy (non-hydrogen) atoms. The summed E-state index contributed by atoms with van der Waals surface area (Å²) in [4.78, 5) is 14.7. The van der Waals surface area contributed by atoms with E-state index in [1.807, 2.05) is 40.8 Å². The fourth-order valence-electron chi connectivity index (χ4n) is 2.98. The number of halogens is 1. The Labute approximate surface area is 181 Å². The average molecular weight is 429 g/mol. The predicted molar refractivity (Wildman–Crippen MR) is 119 cm³/mol. The summed E-state index contributed by atoms with van der Waals surface area (Å²) in [5.41, 5.74) is 3.30. The van der Waals surface area contributed by atoms with E-state index in [2.05, 4.69) is 48.3 Å². The summed E-state index contributed by atoms with van der Waals surface area (Å²) in [6.07, 6.45) is 0.924. The fourth-order valence-corrected chi connectivity index (χ4v) is 3.92. The number of nitrogens with zero attached hydrogens (tertiary/aromatic N) is 4. The molecule has 3 rings (SSSR count). The summed E-state index contributed by atoms with van der Waals surface area (Å²) >= 11 is 7.37. The number of hydrogen-bond donors (Lipinski definition) is 0. The number of carbonyl (C=O) groups excluding carboxylic acids is 1. The molecule has 2 aromatic carbocycles. The lowest BCUT2D eigenvalue weighted by atomic mass is 10.1. The van der Waals surface area contributed by atoms with Crippen LogP contribution >= 0.6 is 23.4 Å². The van der Waals surface area contributed by atoms with Gasteiger partial charge in [-0.25, -0.2) is 0 Å². The third-order valence-corrected chi connectivity index (χ3v) is 5.86. The first-order valence-electron chi connectivity index (χ1n) is 9.59. The van der Waals surface area contributed by atoms with Crippen molar-refractivity contribution < 1.29 is 4.79 Å². The molecule has 0 spiro atoms. The maximum Gasteiger partial charge on any atom is 0.233 e. The highest BCUT2D eigenvalue weighted by Crippen LogP contribution is 2.24. The van der Waals surface area contributed by atoms with E-state index in [0.717, 1.165) is 35.1 Å². The van der Waals surface area contributed by atoms with Gasteiger partial charge in [-0.05, 0) is 43.2 Å². The normalized spacial score (nSPS) is 10.9. The molecule has 0 fully saturated rings. The van der Waals surface area contributed by atoms with Crippen molar-refractivity contribution in [3.63, 3.8) is 0 Å². The average Bonchev–Trinajstić information content (AvgIpc) is 3.08. The molecular formula is C22H25ClN4OS. The molecule has 1 amide bonds. The van der Waals surface area contributed by atoms with Crippen LogP contribution in [0.2, 0.25) is 5.02 Å². The highest BCUT2D eigenvalue weighted by atomic mass is 35.5. The van der Waals surface area contributed by atoms with Gasteiger partial charge in [0.1, 0.15) is 0 Å². The molecule has 7 heteroatoms. The van der Waals surface area contributed by atoms with Crippen molar-refractivity contribution in [3.8, 4) is 11.4 Å². The van der Waals surface area contributed by atoms with E-state index in [1.165, 1.54) is 17.3 Å². The second kappa shape index (κ2) is 9.94. The van der Waals surface area contributed by atoms with Crippen LogP contribution in [0.15, 0.2) is 53.7 Å². The van der Waals surface area contributed by atoms with Gasteiger partial charge in [-0.3, -0.25) is 4.79 Å². The van der Waals surface area contributed by atoms with Crippen LogP contribution in [0.4, 0.5) is 0 Å². The van der Waals surface area contributed by atoms with Crippen LogP contribution in [0.5, 0.6) is 0 Å². The van der Waals surface area contributed by atoms with Crippen LogP contribution in [0.25, 0.3) is 11.4 Å². The Kier molecular flexibility index (Phi) is 7.34. The van der Waals surface area contributed by atoms with Gasteiger partial charge in [-0.2, -0.15) is 0 Å². The molecule has 1 aromatic heterocycles. The highest BCUT2D eigenvalue weighted by molar-refractivity contribution is 7.99. The minimum absolute atomic E-state index is 0.105. The standard InChI is InChI=1S/C22H25ClN4OS/c1-4-13-27(14-17-7-5-16(2)6-8-17)20(28)15-29-22-25-24-21(26(22)3)18-9-11-19(23)12-10-18/h5-12H,4,13-15H2,1-3H3.